The predicted molar refractivity (Wildman–Crippen MR) is 150 cm³/mol. The number of aliphatic carboxylic acids is 1. The minimum Gasteiger partial charge on any atom is -0.480 e. The smallest absolute Gasteiger partial charge is 0.328 e. The molecule has 0 radical (unpaired) electrons. The van der Waals surface area contributed by atoms with E-state index < -0.39 is 36.2 Å². The first kappa shape index (κ1) is 29.8. The molecule has 218 valence electrons. The summed E-state index contributed by atoms with van der Waals surface area (Å²) in [7, 11) is 0. The zero-order valence-electron chi connectivity index (χ0n) is 22.7. The molecule has 0 aliphatic carbocycles. The molecule has 4 aromatic rings. The van der Waals surface area contributed by atoms with Gasteiger partial charge in [0.25, 0.3) is 0 Å². The topological polar surface area (TPSA) is 153 Å². The fourth-order valence-corrected chi connectivity index (χ4v) is 4.31. The van der Waals surface area contributed by atoms with Gasteiger partial charge in [0.15, 0.2) is 0 Å². The SMILES string of the molecule is CCCCC(=O)N(Cc1ccc(-c2ccccc2-c2nn[nH]n2)cc1)C(CNC(=O)Nc1ccc(F)cc1F)C(=O)O. The van der Waals surface area contributed by atoms with Gasteiger partial charge in [-0.1, -0.05) is 61.9 Å². The Morgan fingerprint density at radius 3 is 2.40 bits per heavy atom. The first-order valence-corrected chi connectivity index (χ1v) is 13.2. The number of carbonyl (C=O) groups is 3. The number of aromatic nitrogens is 4. The van der Waals surface area contributed by atoms with Gasteiger partial charge in [0.2, 0.25) is 11.7 Å². The highest BCUT2D eigenvalue weighted by Gasteiger charge is 2.30. The largest absolute Gasteiger partial charge is 0.480 e. The van der Waals surface area contributed by atoms with Gasteiger partial charge >= 0.3 is 12.0 Å². The van der Waals surface area contributed by atoms with Crippen molar-refractivity contribution < 1.29 is 28.3 Å². The first-order chi connectivity index (χ1) is 20.3. The van der Waals surface area contributed by atoms with Crippen molar-refractivity contribution in [3.63, 3.8) is 0 Å². The molecule has 0 fully saturated rings. The van der Waals surface area contributed by atoms with Gasteiger partial charge in [0.05, 0.1) is 12.2 Å². The average Bonchev–Trinajstić information content (AvgIpc) is 3.52. The molecule has 0 aliphatic rings. The summed E-state index contributed by atoms with van der Waals surface area (Å²) in [6.45, 7) is 1.44. The molecule has 3 amide bonds. The maximum absolute atomic E-state index is 13.9. The summed E-state index contributed by atoms with van der Waals surface area (Å²) in [5.41, 5.74) is 2.87. The summed E-state index contributed by atoms with van der Waals surface area (Å²) in [5, 5.41) is 28.8. The van der Waals surface area contributed by atoms with Gasteiger partial charge in [-0.3, -0.25) is 4.79 Å². The van der Waals surface area contributed by atoms with E-state index in [9.17, 15) is 28.3 Å². The number of carboxylic acids is 1. The third kappa shape index (κ3) is 7.50. The maximum Gasteiger partial charge on any atom is 0.328 e. The number of carboxylic acid groups (broad SMARTS) is 1. The van der Waals surface area contributed by atoms with Crippen LogP contribution in [0.1, 0.15) is 31.7 Å². The molecule has 0 aliphatic heterocycles. The number of anilines is 1. The number of amides is 3. The number of halogens is 2. The number of H-pyrrole nitrogens is 1. The number of carbonyl (C=O) groups excluding carboxylic acids is 2. The van der Waals surface area contributed by atoms with Crippen LogP contribution >= 0.6 is 0 Å². The normalized spacial score (nSPS) is 11.5. The first-order valence-electron chi connectivity index (χ1n) is 13.2. The third-order valence-corrected chi connectivity index (χ3v) is 6.49. The quantitative estimate of drug-likeness (QED) is 0.192. The fraction of sp³-hybridized carbons (Fsp3) is 0.241. The van der Waals surface area contributed by atoms with Gasteiger partial charge in [-0.2, -0.15) is 5.21 Å². The van der Waals surface area contributed by atoms with Crippen LogP contribution in [0.2, 0.25) is 0 Å². The van der Waals surface area contributed by atoms with Crippen LogP contribution < -0.4 is 10.6 Å². The van der Waals surface area contributed by atoms with E-state index >= 15 is 0 Å². The monoisotopic (exact) mass is 577 g/mol. The van der Waals surface area contributed by atoms with Gasteiger partial charge in [-0.15, -0.1) is 10.2 Å². The van der Waals surface area contributed by atoms with Crippen molar-refractivity contribution in [2.75, 3.05) is 11.9 Å². The predicted octanol–water partition coefficient (Wildman–Crippen LogP) is 4.61. The van der Waals surface area contributed by atoms with E-state index in [-0.39, 0.29) is 24.6 Å². The van der Waals surface area contributed by atoms with Gasteiger partial charge in [0.1, 0.15) is 17.7 Å². The number of rotatable bonds is 12. The highest BCUT2D eigenvalue weighted by atomic mass is 19.1. The summed E-state index contributed by atoms with van der Waals surface area (Å²) in [6.07, 6.45) is 1.42. The second-order valence-electron chi connectivity index (χ2n) is 9.42. The van der Waals surface area contributed by atoms with Gasteiger partial charge in [0, 0.05) is 24.6 Å². The average molecular weight is 578 g/mol. The number of nitrogens with zero attached hydrogens (tertiary/aromatic N) is 4. The number of benzene rings is 3. The lowest BCUT2D eigenvalue weighted by molar-refractivity contribution is -0.150. The molecule has 0 saturated heterocycles. The Morgan fingerprint density at radius 1 is 1.02 bits per heavy atom. The Kier molecular flexibility index (Phi) is 9.87. The van der Waals surface area contributed by atoms with Crippen LogP contribution in [0.25, 0.3) is 22.5 Å². The Bertz CT molecular complexity index is 1530. The molecule has 1 heterocycles. The maximum atomic E-state index is 13.9. The van der Waals surface area contributed by atoms with E-state index in [1.165, 1.54) is 4.90 Å². The minimum atomic E-state index is -1.41. The Labute approximate surface area is 239 Å². The number of urea groups is 1. The van der Waals surface area contributed by atoms with Crippen molar-refractivity contribution in [2.45, 2.75) is 38.8 Å². The molecular weight excluding hydrogens is 548 g/mol. The lowest BCUT2D eigenvalue weighted by atomic mass is 9.98. The van der Waals surface area contributed by atoms with Crippen molar-refractivity contribution in [3.05, 3.63) is 83.9 Å². The number of hydrogen-bond donors (Lipinski definition) is 4. The highest BCUT2D eigenvalue weighted by molar-refractivity contribution is 5.90. The van der Waals surface area contributed by atoms with Crippen LogP contribution in [0.4, 0.5) is 19.3 Å². The van der Waals surface area contributed by atoms with Crippen molar-refractivity contribution >= 4 is 23.6 Å². The highest BCUT2D eigenvalue weighted by Crippen LogP contribution is 2.30. The molecule has 0 bridgehead atoms. The van der Waals surface area contributed by atoms with Crippen molar-refractivity contribution in [3.8, 4) is 22.5 Å². The van der Waals surface area contributed by atoms with E-state index in [2.05, 4.69) is 31.3 Å². The molecule has 3 aromatic carbocycles. The van der Waals surface area contributed by atoms with Crippen LogP contribution in [0, 0.1) is 11.6 Å². The number of tetrazole rings is 1. The van der Waals surface area contributed by atoms with E-state index in [1.807, 2.05) is 43.3 Å². The van der Waals surface area contributed by atoms with Gasteiger partial charge in [-0.05, 0) is 40.5 Å². The lowest BCUT2D eigenvalue weighted by Gasteiger charge is -2.29. The third-order valence-electron chi connectivity index (χ3n) is 6.49. The number of nitrogens with one attached hydrogen (secondary N) is 3. The zero-order chi connectivity index (χ0) is 30.1. The molecular formula is C29H29F2N7O4. The molecule has 1 unspecified atom stereocenters. The van der Waals surface area contributed by atoms with Crippen LogP contribution in [0.5, 0.6) is 0 Å². The van der Waals surface area contributed by atoms with Crippen molar-refractivity contribution in [2.24, 2.45) is 0 Å². The second-order valence-corrected chi connectivity index (χ2v) is 9.42. The Balaban J connectivity index is 1.51. The molecule has 4 rings (SSSR count). The fourth-order valence-electron chi connectivity index (χ4n) is 4.31. The van der Waals surface area contributed by atoms with Crippen LogP contribution in [0.3, 0.4) is 0 Å². The summed E-state index contributed by atoms with van der Waals surface area (Å²) in [6, 6.07) is 15.1. The molecule has 1 aromatic heterocycles. The second kappa shape index (κ2) is 13.9. The molecule has 0 saturated carbocycles. The van der Waals surface area contributed by atoms with Crippen molar-refractivity contribution in [1.82, 2.24) is 30.8 Å². The van der Waals surface area contributed by atoms with Crippen LogP contribution in [-0.2, 0) is 16.1 Å². The standard InChI is InChI=1S/C29H29F2N7O4/c1-2-3-8-26(39)38(25(28(40)41)16-32-29(42)33-24-14-13-20(30)15-23(24)31)17-18-9-11-19(12-10-18)21-6-4-5-7-22(21)27-34-36-37-35-27/h4-7,9-15,25H,2-3,8,16-17H2,1H3,(H,40,41)(H2,32,33,42)(H,34,35,36,37). The van der Waals surface area contributed by atoms with E-state index in [1.54, 1.807) is 12.1 Å². The molecule has 1 atom stereocenters. The number of unbranched alkanes of at least 4 members (excludes halogenated alkanes) is 1. The molecule has 0 spiro atoms. The molecule has 13 heteroatoms. The van der Waals surface area contributed by atoms with E-state index in [0.29, 0.717) is 23.9 Å². The summed E-state index contributed by atoms with van der Waals surface area (Å²) >= 11 is 0. The summed E-state index contributed by atoms with van der Waals surface area (Å²) in [5.74, 6) is -3.07. The molecule has 11 nitrogen and oxygen atoms in total. The number of hydrogen-bond acceptors (Lipinski definition) is 6. The number of aromatic amines is 1. The van der Waals surface area contributed by atoms with E-state index in [0.717, 1.165) is 35.2 Å². The molecule has 42 heavy (non-hydrogen) atoms. The summed E-state index contributed by atoms with van der Waals surface area (Å²) in [4.78, 5) is 39.0. The minimum absolute atomic E-state index is 0.0256. The summed E-state index contributed by atoms with van der Waals surface area (Å²) < 4.78 is 27.1. The van der Waals surface area contributed by atoms with Crippen molar-refractivity contribution in [1.29, 1.82) is 0 Å². The molecule has 4 N–H and O–H groups in total. The Morgan fingerprint density at radius 2 is 1.76 bits per heavy atom. The van der Waals surface area contributed by atoms with E-state index in [4.69, 9.17) is 0 Å². The van der Waals surface area contributed by atoms with Crippen LogP contribution in [0.15, 0.2) is 66.7 Å². The lowest BCUT2D eigenvalue weighted by Crippen LogP contribution is -2.51. The Hall–Kier alpha value is -5.20. The van der Waals surface area contributed by atoms with Crippen LogP contribution in [-0.4, -0.2) is 61.1 Å². The van der Waals surface area contributed by atoms with Gasteiger partial charge in [-0.25, -0.2) is 18.4 Å². The zero-order valence-corrected chi connectivity index (χ0v) is 22.7. The van der Waals surface area contributed by atoms with Gasteiger partial charge < -0.3 is 20.6 Å².